The van der Waals surface area contributed by atoms with Crippen molar-refractivity contribution in [1.82, 2.24) is 0 Å². The Morgan fingerprint density at radius 3 is 1.92 bits per heavy atom. The van der Waals surface area contributed by atoms with Crippen molar-refractivity contribution in [2.75, 3.05) is 20.3 Å². The van der Waals surface area contributed by atoms with Crippen molar-refractivity contribution >= 4 is 35.8 Å². The number of hydrogen-bond acceptors (Lipinski definition) is 15. The summed E-state index contributed by atoms with van der Waals surface area (Å²) in [5, 5.41) is 12.8. The van der Waals surface area contributed by atoms with Crippen LogP contribution in [0.25, 0.3) is 0 Å². The fourth-order valence-corrected chi connectivity index (χ4v) is 7.38. The van der Waals surface area contributed by atoms with E-state index >= 15 is 0 Å². The second-order valence-electron chi connectivity index (χ2n) is 14.3. The summed E-state index contributed by atoms with van der Waals surface area (Å²) in [5.41, 5.74) is -6.61. The smallest absolute Gasteiger partial charge is 0.312 e. The SMILES string of the molecule is COCC1=C/[C@@H]2OC(=O)[C@H](C)[C@@]2(O)[C@@H](OC(C)=O)[C@H]2[C@@]3(CO3)[C@H](OC(C)=O)[C@H](OC(=O)C(C)(C)C)[C@H](OC(C)=O)[C@]2(C)[C@@H](OC(C)=O)/C=C\1. The molecule has 4 rings (SSSR count). The second-order valence-corrected chi connectivity index (χ2v) is 14.3. The Hall–Kier alpha value is -3.82. The molecule has 1 spiro atoms. The summed E-state index contributed by atoms with van der Waals surface area (Å²) < 4.78 is 47.0. The predicted octanol–water partition coefficient (Wildman–Crippen LogP) is 1.51. The molecule has 0 aromatic heterocycles. The van der Waals surface area contributed by atoms with Gasteiger partial charge in [0.05, 0.1) is 30.0 Å². The molecule has 1 saturated carbocycles. The topological polar surface area (TPSA) is 200 Å². The van der Waals surface area contributed by atoms with Gasteiger partial charge in [0.25, 0.3) is 0 Å². The van der Waals surface area contributed by atoms with Crippen LogP contribution < -0.4 is 0 Å². The number of rotatable bonds is 7. The number of hydrogen-bond donors (Lipinski definition) is 1. The van der Waals surface area contributed by atoms with Crippen molar-refractivity contribution in [1.29, 1.82) is 0 Å². The maximum atomic E-state index is 13.6. The zero-order valence-corrected chi connectivity index (χ0v) is 29.4. The first kappa shape index (κ1) is 38.0. The lowest BCUT2D eigenvalue weighted by Crippen LogP contribution is -2.76. The maximum absolute atomic E-state index is 13.6. The average Bonchev–Trinajstić information content (AvgIpc) is 3.72. The summed E-state index contributed by atoms with van der Waals surface area (Å²) >= 11 is 0. The van der Waals surface area contributed by atoms with E-state index in [1.165, 1.54) is 39.2 Å². The molecule has 1 N–H and O–H groups in total. The van der Waals surface area contributed by atoms with Gasteiger partial charge in [-0.2, -0.15) is 0 Å². The Bertz CT molecular complexity index is 1440. The number of ether oxygens (including phenoxy) is 8. The van der Waals surface area contributed by atoms with Crippen molar-refractivity contribution in [2.45, 2.75) is 110 Å². The molecule has 2 saturated heterocycles. The first-order chi connectivity index (χ1) is 22.6. The molecular weight excluding hydrogens is 648 g/mol. The molecule has 49 heavy (non-hydrogen) atoms. The zero-order chi connectivity index (χ0) is 36.9. The molecule has 0 aromatic rings. The molecular formula is C34H46O15. The van der Waals surface area contributed by atoms with Crippen molar-refractivity contribution in [3.05, 3.63) is 23.8 Å². The summed E-state index contributed by atoms with van der Waals surface area (Å²) in [6.07, 6.45) is -4.81. The molecule has 0 aromatic carbocycles. The summed E-state index contributed by atoms with van der Waals surface area (Å²) in [4.78, 5) is 78.3. The van der Waals surface area contributed by atoms with Crippen LogP contribution in [0.1, 0.15) is 62.3 Å². The third-order valence-corrected chi connectivity index (χ3v) is 9.67. The Morgan fingerprint density at radius 2 is 1.43 bits per heavy atom. The lowest BCUT2D eigenvalue weighted by molar-refractivity contribution is -0.280. The van der Waals surface area contributed by atoms with Crippen LogP contribution in [0.15, 0.2) is 23.8 Å². The van der Waals surface area contributed by atoms with Crippen LogP contribution in [-0.4, -0.2) is 109 Å². The summed E-state index contributed by atoms with van der Waals surface area (Å²) in [7, 11) is 1.42. The molecule has 3 fully saturated rings. The summed E-state index contributed by atoms with van der Waals surface area (Å²) in [6.45, 7) is 11.9. The largest absolute Gasteiger partial charge is 0.459 e. The van der Waals surface area contributed by atoms with Crippen molar-refractivity contribution < 1.29 is 71.8 Å². The van der Waals surface area contributed by atoms with E-state index in [2.05, 4.69) is 0 Å². The van der Waals surface area contributed by atoms with Gasteiger partial charge >= 0.3 is 35.8 Å². The van der Waals surface area contributed by atoms with E-state index in [0.717, 1.165) is 27.7 Å². The first-order valence-electron chi connectivity index (χ1n) is 16.0. The minimum absolute atomic E-state index is 0.0546. The number of epoxide rings is 1. The van der Waals surface area contributed by atoms with E-state index < -0.39 is 106 Å². The number of fused-ring (bicyclic) bond motifs is 3. The minimum atomic E-state index is -2.34. The monoisotopic (exact) mass is 694 g/mol. The van der Waals surface area contributed by atoms with Gasteiger partial charge in [-0.3, -0.25) is 28.8 Å². The van der Waals surface area contributed by atoms with Crippen LogP contribution in [0.4, 0.5) is 0 Å². The molecule has 272 valence electrons. The highest BCUT2D eigenvalue weighted by atomic mass is 16.7. The van der Waals surface area contributed by atoms with E-state index in [1.807, 2.05) is 0 Å². The van der Waals surface area contributed by atoms with E-state index in [0.29, 0.717) is 5.57 Å². The van der Waals surface area contributed by atoms with Crippen molar-refractivity contribution in [2.24, 2.45) is 22.7 Å². The molecule has 4 aliphatic rings. The Morgan fingerprint density at radius 1 is 0.898 bits per heavy atom. The van der Waals surface area contributed by atoms with Gasteiger partial charge in [-0.25, -0.2) is 0 Å². The fraction of sp³-hybridized carbons (Fsp3) is 0.706. The Balaban J connectivity index is 2.17. The predicted molar refractivity (Wildman–Crippen MR) is 165 cm³/mol. The number of aliphatic hydroxyl groups is 1. The molecule has 0 radical (unpaired) electrons. The first-order valence-corrected chi connectivity index (χ1v) is 16.0. The van der Waals surface area contributed by atoms with Crippen molar-refractivity contribution in [3.63, 3.8) is 0 Å². The van der Waals surface area contributed by atoms with Gasteiger partial charge in [0, 0.05) is 40.7 Å². The van der Waals surface area contributed by atoms with Crippen LogP contribution in [0.3, 0.4) is 0 Å². The molecule has 11 atom stereocenters. The van der Waals surface area contributed by atoms with E-state index in [9.17, 15) is 33.9 Å². The van der Waals surface area contributed by atoms with Gasteiger partial charge in [0.15, 0.2) is 30.0 Å². The van der Waals surface area contributed by atoms with Gasteiger partial charge in [-0.05, 0) is 45.4 Å². The highest BCUT2D eigenvalue weighted by Crippen LogP contribution is 2.63. The van der Waals surface area contributed by atoms with Gasteiger partial charge in [0.2, 0.25) is 0 Å². The van der Waals surface area contributed by atoms with Crippen LogP contribution in [-0.2, 0) is 66.7 Å². The third kappa shape index (κ3) is 6.84. The van der Waals surface area contributed by atoms with Gasteiger partial charge in [-0.15, -0.1) is 0 Å². The number of carbonyl (C=O) groups is 6. The number of carbonyl (C=O) groups excluding carboxylic acids is 6. The minimum Gasteiger partial charge on any atom is -0.459 e. The van der Waals surface area contributed by atoms with Crippen LogP contribution in [0, 0.1) is 22.7 Å². The Labute approximate surface area is 284 Å². The summed E-state index contributed by atoms with van der Waals surface area (Å²) in [5.74, 6) is -7.63. The van der Waals surface area contributed by atoms with Gasteiger partial charge in [0.1, 0.15) is 17.8 Å². The fourth-order valence-electron chi connectivity index (χ4n) is 7.38. The molecule has 0 amide bonds. The zero-order valence-electron chi connectivity index (χ0n) is 29.4. The highest BCUT2D eigenvalue weighted by Gasteiger charge is 2.81. The van der Waals surface area contributed by atoms with Gasteiger partial charge < -0.3 is 43.0 Å². The molecule has 2 aliphatic heterocycles. The Kier molecular flexibility index (Phi) is 10.4. The van der Waals surface area contributed by atoms with E-state index in [-0.39, 0.29) is 13.2 Å². The summed E-state index contributed by atoms with van der Waals surface area (Å²) in [6, 6.07) is 0. The normalized spacial score (nSPS) is 39.9. The molecule has 15 nitrogen and oxygen atoms in total. The third-order valence-electron chi connectivity index (χ3n) is 9.67. The quantitative estimate of drug-likeness (QED) is 0.228. The molecule has 0 unspecified atom stereocenters. The van der Waals surface area contributed by atoms with Crippen LogP contribution in [0.5, 0.6) is 0 Å². The standard InChI is InChI=1S/C34H46O15/c1-16-29(39)48-23-13-21(14-42-10)11-12-22(44-17(2)35)32(9)25(28(34(16,23)41)47-20(5)38)33(15-43-33)27(46-19(4)37)24(26(32)45-18(3)36)49-30(40)31(6,7)8/h11-13,16,22-28,41H,14-15H2,1-10H3/b12-11-,21-13+/t16-,22-,23-,24+,25+,26-,27+,28-,32+,33-,34-/m0/s1. The molecule has 0 bridgehead atoms. The number of esters is 6. The van der Waals surface area contributed by atoms with Crippen molar-refractivity contribution in [3.8, 4) is 0 Å². The van der Waals surface area contributed by atoms with Crippen LogP contribution >= 0.6 is 0 Å². The molecule has 2 aliphatic carbocycles. The molecule has 15 heteroatoms. The van der Waals surface area contributed by atoms with E-state index in [4.69, 9.17) is 37.9 Å². The van der Waals surface area contributed by atoms with Crippen LogP contribution in [0.2, 0.25) is 0 Å². The maximum Gasteiger partial charge on any atom is 0.312 e. The van der Waals surface area contributed by atoms with Gasteiger partial charge in [-0.1, -0.05) is 13.0 Å². The second kappa shape index (κ2) is 13.5. The number of methoxy groups -OCH3 is 1. The molecule has 2 heterocycles. The lowest BCUT2D eigenvalue weighted by atomic mass is 9.51. The van der Waals surface area contributed by atoms with E-state index in [1.54, 1.807) is 20.8 Å². The highest BCUT2D eigenvalue weighted by molar-refractivity contribution is 5.78. The lowest BCUT2D eigenvalue weighted by Gasteiger charge is -2.59. The average molecular weight is 695 g/mol.